The molecule has 2 rings (SSSR count). The van der Waals surface area contributed by atoms with Gasteiger partial charge in [0.05, 0.1) is 17.3 Å². The maximum atomic E-state index is 12.0. The first-order valence-corrected chi connectivity index (χ1v) is 8.95. The van der Waals surface area contributed by atoms with E-state index in [4.69, 9.17) is 4.74 Å². The molecule has 5 nitrogen and oxygen atoms in total. The number of aliphatic hydroxyl groups is 3. The van der Waals surface area contributed by atoms with Crippen LogP contribution in [0.25, 0.3) is 0 Å². The predicted molar refractivity (Wildman–Crippen MR) is 95.7 cm³/mol. The standard InChI is InChI=1S/C20H30O5/c1-13(2)20(24)8-5-15-12-16(25-18(15)22)11-14(3)17(21)6-7-19(4,23)9-10-20/h9-10,12-13,16-17,21,23-24H,3,5-8,11H2,1-2,4H3. The Hall–Kier alpha value is -1.43. The summed E-state index contributed by atoms with van der Waals surface area (Å²) in [7, 11) is 0. The summed E-state index contributed by atoms with van der Waals surface area (Å²) in [4.78, 5) is 12.0. The molecule has 0 saturated heterocycles. The van der Waals surface area contributed by atoms with Gasteiger partial charge in [0.1, 0.15) is 6.10 Å². The zero-order valence-corrected chi connectivity index (χ0v) is 15.4. The number of esters is 1. The van der Waals surface area contributed by atoms with E-state index < -0.39 is 23.4 Å². The summed E-state index contributed by atoms with van der Waals surface area (Å²) >= 11 is 0. The molecule has 5 heteroatoms. The summed E-state index contributed by atoms with van der Waals surface area (Å²) in [6.45, 7) is 9.35. The highest BCUT2D eigenvalue weighted by Crippen LogP contribution is 2.32. The van der Waals surface area contributed by atoms with Crippen LogP contribution < -0.4 is 0 Å². The van der Waals surface area contributed by atoms with Crippen molar-refractivity contribution >= 4 is 5.97 Å². The average molecular weight is 350 g/mol. The van der Waals surface area contributed by atoms with Gasteiger partial charge in [-0.2, -0.15) is 0 Å². The molecule has 4 unspecified atom stereocenters. The second-order valence-electron chi connectivity index (χ2n) is 7.89. The Bertz CT molecular complexity index is 587. The number of rotatable bonds is 1. The minimum Gasteiger partial charge on any atom is -0.454 e. The second-order valence-corrected chi connectivity index (χ2v) is 7.89. The van der Waals surface area contributed by atoms with Gasteiger partial charge in [0.25, 0.3) is 0 Å². The fraction of sp³-hybridized carbons (Fsp3) is 0.650. The third kappa shape index (κ3) is 5.03. The molecular weight excluding hydrogens is 320 g/mol. The van der Waals surface area contributed by atoms with Gasteiger partial charge in [-0.3, -0.25) is 0 Å². The number of aliphatic hydroxyl groups excluding tert-OH is 1. The molecule has 3 N–H and O–H groups in total. The van der Waals surface area contributed by atoms with Crippen LogP contribution in [0.1, 0.15) is 52.9 Å². The van der Waals surface area contributed by atoms with E-state index >= 15 is 0 Å². The van der Waals surface area contributed by atoms with E-state index in [0.717, 1.165) is 0 Å². The molecule has 0 aromatic carbocycles. The van der Waals surface area contributed by atoms with Crippen LogP contribution in [-0.4, -0.2) is 44.7 Å². The van der Waals surface area contributed by atoms with Crippen LogP contribution in [0.3, 0.4) is 0 Å². The van der Waals surface area contributed by atoms with Gasteiger partial charge in [0, 0.05) is 12.0 Å². The zero-order valence-electron chi connectivity index (χ0n) is 15.4. The second kappa shape index (κ2) is 7.44. The highest BCUT2D eigenvalue weighted by Gasteiger charge is 2.33. The van der Waals surface area contributed by atoms with E-state index in [0.29, 0.717) is 43.3 Å². The van der Waals surface area contributed by atoms with Gasteiger partial charge in [-0.15, -0.1) is 0 Å². The van der Waals surface area contributed by atoms with Crippen molar-refractivity contribution in [2.24, 2.45) is 5.92 Å². The normalized spacial score (nSPS) is 37.6. The Balaban J connectivity index is 2.30. The lowest BCUT2D eigenvalue weighted by molar-refractivity contribution is -0.139. The summed E-state index contributed by atoms with van der Waals surface area (Å²) in [5.74, 6) is -0.448. The van der Waals surface area contributed by atoms with Crippen LogP contribution in [0.15, 0.2) is 36.0 Å². The van der Waals surface area contributed by atoms with Crippen LogP contribution >= 0.6 is 0 Å². The molecule has 2 bridgehead atoms. The van der Waals surface area contributed by atoms with Crippen molar-refractivity contribution in [1.82, 2.24) is 0 Å². The molecule has 0 aromatic heterocycles. The average Bonchev–Trinajstić information content (AvgIpc) is 2.87. The molecule has 4 atom stereocenters. The zero-order chi connectivity index (χ0) is 18.8. The Morgan fingerprint density at radius 3 is 2.60 bits per heavy atom. The molecule has 2 aliphatic rings. The summed E-state index contributed by atoms with van der Waals surface area (Å²) < 4.78 is 5.34. The molecule has 0 radical (unpaired) electrons. The molecule has 0 spiro atoms. The van der Waals surface area contributed by atoms with Gasteiger partial charge in [0.15, 0.2) is 0 Å². The SMILES string of the molecule is C=C1CC2C=C(CCC(O)(C(C)C)C=CC(C)(O)CCC1O)C(=O)O2. The third-order valence-corrected chi connectivity index (χ3v) is 5.29. The number of ether oxygens (including phenoxy) is 1. The van der Waals surface area contributed by atoms with Crippen molar-refractivity contribution < 1.29 is 24.9 Å². The molecule has 25 heavy (non-hydrogen) atoms. The van der Waals surface area contributed by atoms with Crippen LogP contribution in [0, 0.1) is 5.92 Å². The number of hydrogen-bond donors (Lipinski definition) is 3. The maximum Gasteiger partial charge on any atom is 0.334 e. The minimum atomic E-state index is -1.14. The highest BCUT2D eigenvalue weighted by molar-refractivity contribution is 5.90. The summed E-state index contributed by atoms with van der Waals surface area (Å²) in [5, 5.41) is 31.7. The molecule has 0 amide bonds. The number of carbonyl (C=O) groups excluding carboxylic acids is 1. The van der Waals surface area contributed by atoms with Crippen molar-refractivity contribution in [2.45, 2.75) is 76.3 Å². The van der Waals surface area contributed by atoms with Crippen molar-refractivity contribution in [1.29, 1.82) is 0 Å². The van der Waals surface area contributed by atoms with Crippen LogP contribution in [-0.2, 0) is 9.53 Å². The molecule has 1 aliphatic carbocycles. The first kappa shape index (κ1) is 19.9. The summed E-state index contributed by atoms with van der Waals surface area (Å²) in [5.41, 5.74) is -1.14. The van der Waals surface area contributed by atoms with Gasteiger partial charge < -0.3 is 20.1 Å². The quantitative estimate of drug-likeness (QED) is 0.499. The first-order valence-electron chi connectivity index (χ1n) is 8.95. The van der Waals surface area contributed by atoms with Gasteiger partial charge in [-0.25, -0.2) is 4.79 Å². The summed E-state index contributed by atoms with van der Waals surface area (Å²) in [6.07, 6.45) is 5.60. The Morgan fingerprint density at radius 1 is 1.28 bits per heavy atom. The lowest BCUT2D eigenvalue weighted by Gasteiger charge is -2.31. The van der Waals surface area contributed by atoms with E-state index in [2.05, 4.69) is 6.58 Å². The van der Waals surface area contributed by atoms with Crippen molar-refractivity contribution in [3.63, 3.8) is 0 Å². The van der Waals surface area contributed by atoms with Crippen LogP contribution in [0.5, 0.6) is 0 Å². The van der Waals surface area contributed by atoms with E-state index in [9.17, 15) is 20.1 Å². The van der Waals surface area contributed by atoms with Gasteiger partial charge in [-0.05, 0) is 50.2 Å². The maximum absolute atomic E-state index is 12.0. The van der Waals surface area contributed by atoms with Crippen molar-refractivity contribution in [3.8, 4) is 0 Å². The smallest absolute Gasteiger partial charge is 0.334 e. The van der Waals surface area contributed by atoms with Gasteiger partial charge in [0.2, 0.25) is 0 Å². The molecule has 1 aliphatic heterocycles. The van der Waals surface area contributed by atoms with E-state index in [1.54, 1.807) is 25.2 Å². The predicted octanol–water partition coefficient (Wildman–Crippen LogP) is 2.41. The van der Waals surface area contributed by atoms with Gasteiger partial charge >= 0.3 is 5.97 Å². The number of fused-ring (bicyclic) bond motifs is 1. The molecule has 0 fully saturated rings. The molecule has 1 heterocycles. The Morgan fingerprint density at radius 2 is 1.96 bits per heavy atom. The topological polar surface area (TPSA) is 87.0 Å². The van der Waals surface area contributed by atoms with E-state index in [1.807, 2.05) is 13.8 Å². The lowest BCUT2D eigenvalue weighted by Crippen LogP contribution is -2.34. The fourth-order valence-electron chi connectivity index (χ4n) is 3.16. The van der Waals surface area contributed by atoms with Gasteiger partial charge in [-0.1, -0.05) is 32.6 Å². The van der Waals surface area contributed by atoms with E-state index in [-0.39, 0.29) is 11.9 Å². The number of carbonyl (C=O) groups is 1. The van der Waals surface area contributed by atoms with E-state index in [1.165, 1.54) is 0 Å². The monoisotopic (exact) mass is 350 g/mol. The first-order chi connectivity index (χ1) is 11.5. The Kier molecular flexibility index (Phi) is 5.92. The van der Waals surface area contributed by atoms with Crippen molar-refractivity contribution in [3.05, 3.63) is 36.0 Å². The molecule has 0 aromatic rings. The third-order valence-electron chi connectivity index (χ3n) is 5.29. The lowest BCUT2D eigenvalue weighted by atomic mass is 9.82. The van der Waals surface area contributed by atoms with Crippen LogP contribution in [0.2, 0.25) is 0 Å². The van der Waals surface area contributed by atoms with Crippen molar-refractivity contribution in [2.75, 3.05) is 0 Å². The fourth-order valence-corrected chi connectivity index (χ4v) is 3.16. The largest absolute Gasteiger partial charge is 0.454 e. The molecule has 0 saturated carbocycles. The van der Waals surface area contributed by atoms with Crippen LogP contribution in [0.4, 0.5) is 0 Å². The minimum absolute atomic E-state index is 0.0772. The number of hydrogen-bond acceptors (Lipinski definition) is 5. The Labute approximate surface area is 149 Å². The molecular formula is C20H30O5. The molecule has 140 valence electrons. The summed E-state index contributed by atoms with van der Waals surface area (Å²) in [6, 6.07) is 0. The highest BCUT2D eigenvalue weighted by atomic mass is 16.5.